The van der Waals surface area contributed by atoms with E-state index >= 15 is 0 Å². The number of methoxy groups -OCH3 is 1. The second kappa shape index (κ2) is 13.2. The van der Waals surface area contributed by atoms with Crippen molar-refractivity contribution in [2.75, 3.05) is 46.5 Å². The maximum Gasteiger partial charge on any atom is 0.138 e. The second-order valence-electron chi connectivity index (χ2n) is 8.16. The summed E-state index contributed by atoms with van der Waals surface area (Å²) in [4.78, 5) is 2.22. The third kappa shape index (κ3) is 8.85. The number of halogens is 2. The number of benzene rings is 2. The van der Waals surface area contributed by atoms with Gasteiger partial charge in [0.1, 0.15) is 42.7 Å². The fourth-order valence-electron chi connectivity index (χ4n) is 3.67. The largest absolute Gasteiger partial charge is 0.497 e. The summed E-state index contributed by atoms with van der Waals surface area (Å²) in [6, 6.07) is 12.6. The van der Waals surface area contributed by atoms with Crippen molar-refractivity contribution in [1.29, 1.82) is 0 Å². The van der Waals surface area contributed by atoms with Crippen LogP contribution in [0, 0.1) is 0 Å². The first-order valence-electron chi connectivity index (χ1n) is 11.1. The lowest BCUT2D eigenvalue weighted by molar-refractivity contribution is 0.0556. The minimum Gasteiger partial charge on any atom is -0.497 e. The average molecular weight is 499 g/mol. The summed E-state index contributed by atoms with van der Waals surface area (Å²) in [6.45, 7) is 3.14. The van der Waals surface area contributed by atoms with Gasteiger partial charge in [-0.2, -0.15) is 0 Å². The predicted molar refractivity (Wildman–Crippen MR) is 130 cm³/mol. The summed E-state index contributed by atoms with van der Waals surface area (Å²) in [5, 5.41) is 24.9. The van der Waals surface area contributed by atoms with Crippen LogP contribution >= 0.6 is 23.2 Å². The molecule has 2 atom stereocenters. The van der Waals surface area contributed by atoms with E-state index in [1.54, 1.807) is 25.3 Å². The minimum atomic E-state index is -0.613. The van der Waals surface area contributed by atoms with Crippen LogP contribution < -0.4 is 19.5 Å². The molecule has 0 aliphatic carbocycles. The Kier molecular flexibility index (Phi) is 10.4. The molecule has 2 aromatic carbocycles. The van der Waals surface area contributed by atoms with Gasteiger partial charge < -0.3 is 34.6 Å². The lowest BCUT2D eigenvalue weighted by Crippen LogP contribution is -2.47. The Morgan fingerprint density at radius 1 is 0.970 bits per heavy atom. The van der Waals surface area contributed by atoms with Gasteiger partial charge in [-0.15, -0.1) is 0 Å². The van der Waals surface area contributed by atoms with Gasteiger partial charge in [-0.05, 0) is 68.4 Å². The SMILES string of the molecule is COc1ccc(OC[C@H](O)CNC2CCN(C[C@@H](O)COc3ccc(Cl)cc3Cl)CC2)cc1. The number of nitrogens with one attached hydrogen (secondary N) is 1. The van der Waals surface area contributed by atoms with E-state index in [9.17, 15) is 10.2 Å². The summed E-state index contributed by atoms with van der Waals surface area (Å²) in [5.74, 6) is 1.98. The molecule has 1 aliphatic rings. The third-order valence-corrected chi connectivity index (χ3v) is 6.06. The van der Waals surface area contributed by atoms with Crippen LogP contribution in [0.4, 0.5) is 0 Å². The summed E-state index contributed by atoms with van der Waals surface area (Å²) >= 11 is 12.0. The summed E-state index contributed by atoms with van der Waals surface area (Å²) in [5.41, 5.74) is 0. The van der Waals surface area contributed by atoms with Crippen molar-refractivity contribution in [1.82, 2.24) is 10.2 Å². The van der Waals surface area contributed by atoms with Gasteiger partial charge in [-0.1, -0.05) is 23.2 Å². The van der Waals surface area contributed by atoms with Crippen molar-refractivity contribution >= 4 is 23.2 Å². The molecule has 0 bridgehead atoms. The molecule has 0 aromatic heterocycles. The van der Waals surface area contributed by atoms with Crippen LogP contribution in [0.1, 0.15) is 12.8 Å². The summed E-state index contributed by atoms with van der Waals surface area (Å²) in [7, 11) is 1.62. The molecule has 0 unspecified atom stereocenters. The highest BCUT2D eigenvalue weighted by Crippen LogP contribution is 2.27. The van der Waals surface area contributed by atoms with E-state index in [1.807, 2.05) is 24.3 Å². The Hall–Kier alpha value is -1.74. The predicted octanol–water partition coefficient (Wildman–Crippen LogP) is 3.24. The van der Waals surface area contributed by atoms with Gasteiger partial charge in [-0.3, -0.25) is 0 Å². The van der Waals surface area contributed by atoms with Crippen LogP contribution in [-0.4, -0.2) is 79.9 Å². The van der Waals surface area contributed by atoms with E-state index in [1.165, 1.54) is 0 Å². The zero-order valence-corrected chi connectivity index (χ0v) is 20.3. The maximum absolute atomic E-state index is 10.3. The quantitative estimate of drug-likeness (QED) is 0.414. The van der Waals surface area contributed by atoms with E-state index in [0.29, 0.717) is 40.7 Å². The molecule has 3 rings (SSSR count). The number of aliphatic hydroxyl groups is 2. The highest BCUT2D eigenvalue weighted by Gasteiger charge is 2.22. The molecular weight excluding hydrogens is 467 g/mol. The molecule has 3 N–H and O–H groups in total. The molecule has 7 nitrogen and oxygen atoms in total. The van der Waals surface area contributed by atoms with Gasteiger partial charge in [0.2, 0.25) is 0 Å². The molecule has 182 valence electrons. The van der Waals surface area contributed by atoms with E-state index in [-0.39, 0.29) is 13.2 Å². The number of hydrogen-bond acceptors (Lipinski definition) is 7. The van der Waals surface area contributed by atoms with Crippen LogP contribution in [0.2, 0.25) is 10.0 Å². The van der Waals surface area contributed by atoms with Crippen LogP contribution in [-0.2, 0) is 0 Å². The van der Waals surface area contributed by atoms with Gasteiger partial charge >= 0.3 is 0 Å². The lowest BCUT2D eigenvalue weighted by atomic mass is 10.0. The topological polar surface area (TPSA) is 83.4 Å². The monoisotopic (exact) mass is 498 g/mol. The lowest BCUT2D eigenvalue weighted by Gasteiger charge is -2.33. The number of rotatable bonds is 12. The molecular formula is C24H32Cl2N2O5. The summed E-state index contributed by atoms with van der Waals surface area (Å²) < 4.78 is 16.4. The Morgan fingerprint density at radius 3 is 2.30 bits per heavy atom. The Bertz CT molecular complexity index is 847. The molecule has 1 fully saturated rings. The maximum atomic E-state index is 10.3. The molecule has 2 aromatic rings. The first kappa shape index (κ1) is 25.9. The van der Waals surface area contributed by atoms with E-state index in [4.69, 9.17) is 37.4 Å². The van der Waals surface area contributed by atoms with E-state index < -0.39 is 12.2 Å². The normalized spacial score (nSPS) is 16.9. The zero-order chi connectivity index (χ0) is 23.6. The third-order valence-electron chi connectivity index (χ3n) is 5.53. The highest BCUT2D eigenvalue weighted by molar-refractivity contribution is 6.35. The first-order valence-corrected chi connectivity index (χ1v) is 11.8. The Labute approximate surface area is 205 Å². The van der Waals surface area contributed by atoms with Crippen LogP contribution in [0.3, 0.4) is 0 Å². The number of aliphatic hydroxyl groups excluding tert-OH is 2. The Balaban J connectivity index is 1.28. The van der Waals surface area contributed by atoms with Gasteiger partial charge in [0.15, 0.2) is 0 Å². The highest BCUT2D eigenvalue weighted by atomic mass is 35.5. The van der Waals surface area contributed by atoms with Crippen molar-refractivity contribution in [2.45, 2.75) is 31.1 Å². The number of likely N-dealkylation sites (tertiary alicyclic amines) is 1. The van der Waals surface area contributed by atoms with E-state index in [2.05, 4.69) is 10.2 Å². The fraction of sp³-hybridized carbons (Fsp3) is 0.500. The van der Waals surface area contributed by atoms with Crippen molar-refractivity contribution < 1.29 is 24.4 Å². The fourth-order valence-corrected chi connectivity index (χ4v) is 4.14. The molecule has 0 radical (unpaired) electrons. The van der Waals surface area contributed by atoms with Crippen molar-refractivity contribution in [3.05, 3.63) is 52.5 Å². The van der Waals surface area contributed by atoms with Gasteiger partial charge in [0.25, 0.3) is 0 Å². The number of hydrogen-bond donors (Lipinski definition) is 3. The standard InChI is InChI=1S/C24H32Cl2N2O5/c1-31-21-3-5-22(6-4-21)32-15-19(29)13-27-18-8-10-28(11-9-18)14-20(30)16-33-24-7-2-17(25)12-23(24)26/h2-7,12,18-20,27,29-30H,8-11,13-16H2,1H3/t19-,20-/m1/s1. The zero-order valence-electron chi connectivity index (χ0n) is 18.8. The molecule has 0 saturated carbocycles. The van der Waals surface area contributed by atoms with Crippen LogP contribution in [0.5, 0.6) is 17.2 Å². The molecule has 0 spiro atoms. The number of nitrogens with zero attached hydrogens (tertiary/aromatic N) is 1. The Morgan fingerprint density at radius 2 is 1.64 bits per heavy atom. The number of β-amino-alcohol motifs (C(OH)–C–C–N with tert-alkyl or cyclic N) is 1. The van der Waals surface area contributed by atoms with Crippen molar-refractivity contribution in [3.8, 4) is 17.2 Å². The molecule has 9 heteroatoms. The van der Waals surface area contributed by atoms with Crippen LogP contribution in [0.25, 0.3) is 0 Å². The number of piperidine rings is 1. The van der Waals surface area contributed by atoms with Crippen molar-refractivity contribution in [2.24, 2.45) is 0 Å². The molecule has 0 amide bonds. The van der Waals surface area contributed by atoms with Crippen molar-refractivity contribution in [3.63, 3.8) is 0 Å². The summed E-state index contributed by atoms with van der Waals surface area (Å²) in [6.07, 6.45) is 0.688. The first-order chi connectivity index (χ1) is 15.9. The van der Waals surface area contributed by atoms with Gasteiger partial charge in [0.05, 0.1) is 12.1 Å². The molecule has 1 heterocycles. The minimum absolute atomic E-state index is 0.167. The van der Waals surface area contributed by atoms with Crippen LogP contribution in [0.15, 0.2) is 42.5 Å². The number of ether oxygens (including phenoxy) is 3. The second-order valence-corrected chi connectivity index (χ2v) is 9.01. The smallest absolute Gasteiger partial charge is 0.138 e. The molecule has 1 aliphatic heterocycles. The van der Waals surface area contributed by atoms with E-state index in [0.717, 1.165) is 31.7 Å². The molecule has 33 heavy (non-hydrogen) atoms. The van der Waals surface area contributed by atoms with Gasteiger partial charge in [0, 0.05) is 24.2 Å². The van der Waals surface area contributed by atoms with Gasteiger partial charge in [-0.25, -0.2) is 0 Å². The average Bonchev–Trinajstić information content (AvgIpc) is 2.82. The molecule has 1 saturated heterocycles.